The van der Waals surface area contributed by atoms with Crippen molar-refractivity contribution in [3.8, 4) is 0 Å². The van der Waals surface area contributed by atoms with Crippen LogP contribution in [-0.4, -0.2) is 23.1 Å². The first-order valence-electron chi connectivity index (χ1n) is 10.6. The van der Waals surface area contributed by atoms with Gasteiger partial charge in [0.15, 0.2) is 0 Å². The largest absolute Gasteiger partial charge is 0.431 e. The first kappa shape index (κ1) is 23.3. The lowest BCUT2D eigenvalue weighted by atomic mass is 10.2. The minimum absolute atomic E-state index is 0.173. The summed E-state index contributed by atoms with van der Waals surface area (Å²) in [6.07, 6.45) is 0. The van der Waals surface area contributed by atoms with Crippen LogP contribution in [0.1, 0.15) is 34.6 Å². The molecule has 3 aromatic rings. The van der Waals surface area contributed by atoms with E-state index in [9.17, 15) is 4.79 Å². The lowest BCUT2D eigenvalue weighted by Gasteiger charge is -2.28. The number of para-hydroxylation sites is 1. The molecule has 2 aromatic carbocycles. The molecule has 9 heteroatoms. The van der Waals surface area contributed by atoms with E-state index in [0.29, 0.717) is 28.6 Å². The molecule has 0 aliphatic heterocycles. The topological polar surface area (TPSA) is 85.9 Å². The highest BCUT2D eigenvalue weighted by Gasteiger charge is 2.24. The summed E-state index contributed by atoms with van der Waals surface area (Å²) in [4.78, 5) is 14.0. The van der Waals surface area contributed by atoms with Gasteiger partial charge in [0, 0.05) is 30.4 Å². The molecule has 0 atom stereocenters. The SMILES string of the molecule is CC(=O)Nc1cc(Nc2ccccc2)ccc1N=Nc1sc(N(C(C)C)C(C)C)n[n+]1C. The third-order valence-corrected chi connectivity index (χ3v) is 5.65. The van der Waals surface area contributed by atoms with Gasteiger partial charge in [-0.25, -0.2) is 0 Å². The van der Waals surface area contributed by atoms with Crippen molar-refractivity contribution in [2.24, 2.45) is 17.3 Å². The molecule has 168 valence electrons. The molecule has 0 unspecified atom stereocenters. The molecule has 1 amide bonds. The van der Waals surface area contributed by atoms with E-state index in [1.807, 2.05) is 55.6 Å². The Kier molecular flexibility index (Phi) is 7.53. The van der Waals surface area contributed by atoms with E-state index in [4.69, 9.17) is 0 Å². The number of aromatic nitrogens is 2. The Balaban J connectivity index is 1.88. The summed E-state index contributed by atoms with van der Waals surface area (Å²) in [5.41, 5.74) is 2.95. The predicted octanol–water partition coefficient (Wildman–Crippen LogP) is 5.71. The average Bonchev–Trinajstić information content (AvgIpc) is 3.07. The number of aryl methyl sites for hydroxylation is 1. The molecule has 0 aliphatic rings. The molecule has 0 spiro atoms. The number of anilines is 4. The van der Waals surface area contributed by atoms with E-state index in [2.05, 4.69) is 58.6 Å². The molecule has 1 aromatic heterocycles. The van der Waals surface area contributed by atoms with Gasteiger partial charge in [-0.15, -0.1) is 4.68 Å². The Bertz CT molecular complexity index is 1080. The number of amides is 1. The van der Waals surface area contributed by atoms with E-state index < -0.39 is 0 Å². The van der Waals surface area contributed by atoms with E-state index >= 15 is 0 Å². The predicted molar refractivity (Wildman–Crippen MR) is 131 cm³/mol. The maximum absolute atomic E-state index is 11.7. The van der Waals surface area contributed by atoms with Crippen LogP contribution in [0.4, 0.5) is 33.0 Å². The summed E-state index contributed by atoms with van der Waals surface area (Å²) in [5.74, 6) is -0.173. The summed E-state index contributed by atoms with van der Waals surface area (Å²) in [5, 5.41) is 21.2. The lowest BCUT2D eigenvalue weighted by molar-refractivity contribution is -0.712. The van der Waals surface area contributed by atoms with Crippen molar-refractivity contribution < 1.29 is 9.48 Å². The maximum Gasteiger partial charge on any atom is 0.431 e. The van der Waals surface area contributed by atoms with Crippen LogP contribution >= 0.6 is 11.3 Å². The monoisotopic (exact) mass is 452 g/mol. The summed E-state index contributed by atoms with van der Waals surface area (Å²) in [6, 6.07) is 16.1. The zero-order valence-corrected chi connectivity index (χ0v) is 20.1. The molecule has 3 rings (SSSR count). The second-order valence-corrected chi connectivity index (χ2v) is 8.92. The number of hydrogen-bond donors (Lipinski definition) is 2. The highest BCUT2D eigenvalue weighted by Crippen LogP contribution is 2.33. The van der Waals surface area contributed by atoms with Crippen molar-refractivity contribution in [3.63, 3.8) is 0 Å². The van der Waals surface area contributed by atoms with E-state index in [1.165, 1.54) is 18.3 Å². The first-order chi connectivity index (χ1) is 15.2. The van der Waals surface area contributed by atoms with Crippen LogP contribution in [-0.2, 0) is 11.8 Å². The molecule has 0 radical (unpaired) electrons. The number of hydrogen-bond acceptors (Lipinski definition) is 7. The van der Waals surface area contributed by atoms with Gasteiger partial charge in [0.1, 0.15) is 12.7 Å². The first-order valence-corrected chi connectivity index (χ1v) is 11.4. The number of nitrogens with one attached hydrogen (secondary N) is 2. The van der Waals surface area contributed by atoms with Crippen LogP contribution in [0.5, 0.6) is 0 Å². The fourth-order valence-corrected chi connectivity index (χ4v) is 4.45. The number of benzene rings is 2. The van der Waals surface area contributed by atoms with Crippen molar-refractivity contribution in [1.82, 2.24) is 5.10 Å². The zero-order valence-electron chi connectivity index (χ0n) is 19.3. The van der Waals surface area contributed by atoms with Gasteiger partial charge in [-0.05, 0) is 74.5 Å². The highest BCUT2D eigenvalue weighted by atomic mass is 32.1. The van der Waals surface area contributed by atoms with Crippen molar-refractivity contribution in [2.75, 3.05) is 15.5 Å². The number of azo groups is 1. The smallest absolute Gasteiger partial charge is 0.355 e. The van der Waals surface area contributed by atoms with Gasteiger partial charge < -0.3 is 15.5 Å². The number of carbonyl (C=O) groups is 1. The van der Waals surface area contributed by atoms with Gasteiger partial charge >= 0.3 is 5.13 Å². The van der Waals surface area contributed by atoms with E-state index in [-0.39, 0.29) is 5.91 Å². The normalized spacial score (nSPS) is 11.4. The van der Waals surface area contributed by atoms with E-state index in [1.54, 1.807) is 4.68 Å². The van der Waals surface area contributed by atoms with Gasteiger partial charge in [-0.1, -0.05) is 23.3 Å². The van der Waals surface area contributed by atoms with Gasteiger partial charge in [0.05, 0.1) is 10.8 Å². The fraction of sp³-hybridized carbons (Fsp3) is 0.348. The van der Waals surface area contributed by atoms with Crippen LogP contribution in [0.3, 0.4) is 0 Å². The third kappa shape index (κ3) is 5.88. The number of rotatable bonds is 8. The van der Waals surface area contributed by atoms with Crippen molar-refractivity contribution in [3.05, 3.63) is 48.5 Å². The van der Waals surface area contributed by atoms with Crippen LogP contribution < -0.4 is 20.2 Å². The highest BCUT2D eigenvalue weighted by molar-refractivity contribution is 7.18. The van der Waals surface area contributed by atoms with Crippen molar-refractivity contribution >= 4 is 50.3 Å². The Hall–Kier alpha value is -3.33. The molecular weight excluding hydrogens is 422 g/mol. The Morgan fingerprint density at radius 1 is 1.03 bits per heavy atom. The molecule has 0 fully saturated rings. The molecule has 32 heavy (non-hydrogen) atoms. The van der Waals surface area contributed by atoms with E-state index in [0.717, 1.165) is 16.5 Å². The van der Waals surface area contributed by atoms with Gasteiger partial charge in [0.2, 0.25) is 11.0 Å². The standard InChI is InChI=1S/C23H29N7OS/c1-15(2)30(16(3)4)23-28-29(6)22(32-23)27-26-20-13-12-19(14-21(20)24-17(5)31)25-18-10-8-7-9-11-18/h7-16H,1-6H3,(H,24,25,31)/p+1. The van der Waals surface area contributed by atoms with Crippen LogP contribution in [0, 0.1) is 0 Å². The van der Waals surface area contributed by atoms with Crippen LogP contribution in [0.15, 0.2) is 58.8 Å². The lowest BCUT2D eigenvalue weighted by Crippen LogP contribution is -2.39. The molecule has 0 bridgehead atoms. The molecular formula is C23H30N7OS+. The summed E-state index contributed by atoms with van der Waals surface area (Å²) in [6.45, 7) is 10.1. The molecule has 8 nitrogen and oxygen atoms in total. The summed E-state index contributed by atoms with van der Waals surface area (Å²) < 4.78 is 1.73. The quantitative estimate of drug-likeness (QED) is 0.339. The minimum atomic E-state index is -0.173. The molecule has 2 N–H and O–H groups in total. The average molecular weight is 453 g/mol. The number of nitrogens with zero attached hydrogens (tertiary/aromatic N) is 5. The molecule has 0 saturated carbocycles. The molecule has 1 heterocycles. The molecule has 0 saturated heterocycles. The fourth-order valence-electron chi connectivity index (χ4n) is 3.34. The van der Waals surface area contributed by atoms with Gasteiger partial charge in [-0.3, -0.25) is 4.79 Å². The van der Waals surface area contributed by atoms with Gasteiger partial charge in [0.25, 0.3) is 0 Å². The van der Waals surface area contributed by atoms with Crippen LogP contribution in [0.2, 0.25) is 0 Å². The Morgan fingerprint density at radius 3 is 2.34 bits per heavy atom. The van der Waals surface area contributed by atoms with Crippen molar-refractivity contribution in [1.29, 1.82) is 0 Å². The summed E-state index contributed by atoms with van der Waals surface area (Å²) >= 11 is 1.49. The Morgan fingerprint density at radius 2 is 1.72 bits per heavy atom. The summed E-state index contributed by atoms with van der Waals surface area (Å²) in [7, 11) is 1.86. The third-order valence-electron chi connectivity index (χ3n) is 4.64. The van der Waals surface area contributed by atoms with Gasteiger partial charge in [-0.2, -0.15) is 0 Å². The second kappa shape index (κ2) is 10.3. The van der Waals surface area contributed by atoms with Crippen LogP contribution in [0.25, 0.3) is 0 Å². The Labute approximate surface area is 193 Å². The zero-order chi connectivity index (χ0) is 23.3. The number of carbonyl (C=O) groups excluding carboxylic acids is 1. The maximum atomic E-state index is 11.7. The second-order valence-electron chi connectivity index (χ2n) is 7.99. The minimum Gasteiger partial charge on any atom is -0.355 e. The van der Waals surface area contributed by atoms with Crippen molar-refractivity contribution in [2.45, 2.75) is 46.7 Å². The molecule has 0 aliphatic carbocycles.